The molecule has 9 heteroatoms. The number of likely N-dealkylation sites (tertiary alicyclic amines) is 1. The molecule has 1 atom stereocenters. The molecule has 3 rings (SSSR count). The van der Waals surface area contributed by atoms with Gasteiger partial charge in [0.25, 0.3) is 11.7 Å². The smallest absolute Gasteiger partial charge is 0.295 e. The summed E-state index contributed by atoms with van der Waals surface area (Å²) in [5.41, 5.74) is 0.353. The van der Waals surface area contributed by atoms with Crippen LogP contribution in [-0.2, 0) is 9.59 Å². The second-order valence-electron chi connectivity index (χ2n) is 7.75. The highest BCUT2D eigenvalue weighted by Crippen LogP contribution is 2.43. The molecule has 1 N–H and O–H groups in total. The van der Waals surface area contributed by atoms with E-state index in [2.05, 4.69) is 0 Å². The fourth-order valence-electron chi connectivity index (χ4n) is 3.80. The van der Waals surface area contributed by atoms with Gasteiger partial charge in [0, 0.05) is 13.1 Å². The predicted molar refractivity (Wildman–Crippen MR) is 120 cm³/mol. The minimum atomic E-state index is -0.919. The Balaban J connectivity index is 2.25. The molecule has 2 aromatic rings. The first-order chi connectivity index (χ1) is 15.7. The molecule has 1 saturated heterocycles. The highest BCUT2D eigenvalue weighted by molar-refractivity contribution is 6.46. The number of carbonyl (C=O) groups excluding carboxylic acids is 2. The van der Waals surface area contributed by atoms with Crippen LogP contribution in [0.2, 0.25) is 0 Å². The molecule has 1 amide bonds. The zero-order valence-corrected chi connectivity index (χ0v) is 19.2. The van der Waals surface area contributed by atoms with Crippen molar-refractivity contribution in [2.45, 2.75) is 6.04 Å². The molecular weight excluding hydrogens is 431 g/mol. The van der Waals surface area contributed by atoms with E-state index >= 15 is 0 Å². The van der Waals surface area contributed by atoms with Crippen molar-refractivity contribution in [3.63, 3.8) is 0 Å². The Bertz CT molecular complexity index is 1100. The molecular formula is C24H27FN2O6. The van der Waals surface area contributed by atoms with Gasteiger partial charge in [-0.25, -0.2) is 4.39 Å². The number of amides is 1. The van der Waals surface area contributed by atoms with Crippen LogP contribution in [0.1, 0.15) is 17.2 Å². The Kier molecular flexibility index (Phi) is 7.23. The number of aliphatic hydroxyl groups is 1. The van der Waals surface area contributed by atoms with E-state index in [-0.39, 0.29) is 23.4 Å². The monoisotopic (exact) mass is 458 g/mol. The van der Waals surface area contributed by atoms with E-state index in [1.54, 1.807) is 18.2 Å². The summed E-state index contributed by atoms with van der Waals surface area (Å²) in [5.74, 6) is -1.72. The first-order valence-corrected chi connectivity index (χ1v) is 10.2. The van der Waals surface area contributed by atoms with Crippen molar-refractivity contribution in [2.24, 2.45) is 0 Å². The topological polar surface area (TPSA) is 88.5 Å². The maximum absolute atomic E-state index is 14.0. The second-order valence-corrected chi connectivity index (χ2v) is 7.75. The summed E-state index contributed by atoms with van der Waals surface area (Å²) in [6.07, 6.45) is 0. The van der Waals surface area contributed by atoms with Crippen molar-refractivity contribution in [1.82, 2.24) is 9.80 Å². The Morgan fingerprint density at radius 2 is 1.64 bits per heavy atom. The number of nitrogens with zero attached hydrogens (tertiary/aromatic N) is 2. The van der Waals surface area contributed by atoms with Crippen LogP contribution in [0.25, 0.3) is 5.76 Å². The standard InChI is InChI=1S/C24H27FN2O6/c1-26(2)10-11-27-21(14-6-8-18(32-4)19(12-14)33-5)20(23(29)24(27)30)22(28)16-13-15(25)7-9-17(16)31-3/h6-9,12-13,21,28H,10-11H2,1-5H3/t21-/m1/s1. The zero-order chi connectivity index (χ0) is 24.3. The van der Waals surface area contributed by atoms with E-state index in [9.17, 15) is 19.1 Å². The lowest BCUT2D eigenvalue weighted by atomic mass is 9.94. The zero-order valence-electron chi connectivity index (χ0n) is 19.2. The number of likely N-dealkylation sites (N-methyl/N-ethyl adjacent to an activating group) is 1. The van der Waals surface area contributed by atoms with Crippen molar-refractivity contribution in [3.05, 3.63) is 58.9 Å². The number of hydrogen-bond acceptors (Lipinski definition) is 7. The molecule has 0 unspecified atom stereocenters. The van der Waals surface area contributed by atoms with Crippen LogP contribution < -0.4 is 14.2 Å². The molecule has 1 aliphatic heterocycles. The minimum absolute atomic E-state index is 0.0198. The van der Waals surface area contributed by atoms with Crippen molar-refractivity contribution in [2.75, 3.05) is 48.5 Å². The molecule has 8 nitrogen and oxygen atoms in total. The molecule has 0 radical (unpaired) electrons. The average molecular weight is 458 g/mol. The summed E-state index contributed by atoms with van der Waals surface area (Å²) in [4.78, 5) is 29.4. The maximum atomic E-state index is 14.0. The maximum Gasteiger partial charge on any atom is 0.295 e. The third kappa shape index (κ3) is 4.63. The molecule has 0 aromatic heterocycles. The van der Waals surface area contributed by atoms with Gasteiger partial charge in [-0.15, -0.1) is 0 Å². The van der Waals surface area contributed by atoms with Crippen molar-refractivity contribution in [3.8, 4) is 17.2 Å². The Morgan fingerprint density at radius 1 is 1.00 bits per heavy atom. The first kappa shape index (κ1) is 24.1. The van der Waals surface area contributed by atoms with Gasteiger partial charge in [0.1, 0.15) is 17.3 Å². The normalized spacial score (nSPS) is 17.5. The molecule has 1 aliphatic rings. The van der Waals surface area contributed by atoms with Crippen LogP contribution in [0.15, 0.2) is 42.0 Å². The fourth-order valence-corrected chi connectivity index (χ4v) is 3.80. The van der Waals surface area contributed by atoms with E-state index in [1.165, 1.54) is 38.4 Å². The van der Waals surface area contributed by atoms with E-state index in [0.29, 0.717) is 23.6 Å². The number of benzene rings is 2. The van der Waals surface area contributed by atoms with Crippen LogP contribution in [-0.4, -0.2) is 75.1 Å². The lowest BCUT2D eigenvalue weighted by Crippen LogP contribution is -2.35. The second kappa shape index (κ2) is 9.91. The van der Waals surface area contributed by atoms with Gasteiger partial charge in [-0.3, -0.25) is 9.59 Å². The van der Waals surface area contributed by atoms with Crippen LogP contribution >= 0.6 is 0 Å². The lowest BCUT2D eigenvalue weighted by molar-refractivity contribution is -0.140. The third-order valence-corrected chi connectivity index (χ3v) is 5.47. The molecule has 1 fully saturated rings. The first-order valence-electron chi connectivity index (χ1n) is 10.2. The number of ether oxygens (including phenoxy) is 3. The summed E-state index contributed by atoms with van der Waals surface area (Å²) >= 11 is 0. The molecule has 33 heavy (non-hydrogen) atoms. The molecule has 0 spiro atoms. The Hall–Kier alpha value is -3.59. The van der Waals surface area contributed by atoms with E-state index in [1.807, 2.05) is 19.0 Å². The summed E-state index contributed by atoms with van der Waals surface area (Å²) in [5, 5.41) is 11.2. The quantitative estimate of drug-likeness (QED) is 0.370. The van der Waals surface area contributed by atoms with Crippen LogP contribution in [0.4, 0.5) is 4.39 Å². The summed E-state index contributed by atoms with van der Waals surface area (Å²) in [7, 11) is 8.03. The van der Waals surface area contributed by atoms with Crippen molar-refractivity contribution in [1.29, 1.82) is 0 Å². The summed E-state index contributed by atoms with van der Waals surface area (Å²) in [6.45, 7) is 0.716. The van der Waals surface area contributed by atoms with Gasteiger partial charge in [-0.2, -0.15) is 0 Å². The Morgan fingerprint density at radius 3 is 2.24 bits per heavy atom. The predicted octanol–water partition coefficient (Wildman–Crippen LogP) is 2.83. The van der Waals surface area contributed by atoms with Gasteiger partial charge in [-0.1, -0.05) is 6.07 Å². The van der Waals surface area contributed by atoms with Crippen LogP contribution in [0.3, 0.4) is 0 Å². The number of aliphatic hydroxyl groups excluding tert-OH is 1. The molecule has 2 aromatic carbocycles. The average Bonchev–Trinajstić information content (AvgIpc) is 3.06. The number of methoxy groups -OCH3 is 3. The van der Waals surface area contributed by atoms with Gasteiger partial charge in [0.15, 0.2) is 11.5 Å². The highest BCUT2D eigenvalue weighted by atomic mass is 19.1. The fraction of sp³-hybridized carbons (Fsp3) is 0.333. The van der Waals surface area contributed by atoms with Gasteiger partial charge >= 0.3 is 0 Å². The van der Waals surface area contributed by atoms with Gasteiger partial charge in [-0.05, 0) is 50.0 Å². The number of carbonyl (C=O) groups is 2. The summed E-state index contributed by atoms with van der Waals surface area (Å²) < 4.78 is 29.9. The number of halogens is 1. The molecule has 0 bridgehead atoms. The van der Waals surface area contributed by atoms with Crippen LogP contribution in [0.5, 0.6) is 17.2 Å². The van der Waals surface area contributed by atoms with E-state index < -0.39 is 29.3 Å². The Labute approximate surface area is 191 Å². The molecule has 0 saturated carbocycles. The highest BCUT2D eigenvalue weighted by Gasteiger charge is 2.46. The van der Waals surface area contributed by atoms with Gasteiger partial charge in [0.05, 0.1) is 38.5 Å². The largest absolute Gasteiger partial charge is 0.507 e. The number of rotatable bonds is 8. The minimum Gasteiger partial charge on any atom is -0.507 e. The third-order valence-electron chi connectivity index (χ3n) is 5.47. The lowest BCUT2D eigenvalue weighted by Gasteiger charge is -2.27. The van der Waals surface area contributed by atoms with E-state index in [4.69, 9.17) is 14.2 Å². The molecule has 0 aliphatic carbocycles. The summed E-state index contributed by atoms with van der Waals surface area (Å²) in [6, 6.07) is 7.66. The number of hydrogen-bond donors (Lipinski definition) is 1. The van der Waals surface area contributed by atoms with Crippen molar-refractivity contribution < 1.29 is 33.3 Å². The van der Waals surface area contributed by atoms with Gasteiger partial charge < -0.3 is 29.1 Å². The molecule has 1 heterocycles. The van der Waals surface area contributed by atoms with Crippen molar-refractivity contribution >= 4 is 17.4 Å². The SMILES string of the molecule is COc1ccc([C@@H]2C(=C(O)c3cc(F)ccc3OC)C(=O)C(=O)N2CCN(C)C)cc1OC. The van der Waals surface area contributed by atoms with E-state index in [0.717, 1.165) is 6.07 Å². The van der Waals surface area contributed by atoms with Crippen LogP contribution in [0, 0.1) is 5.82 Å². The molecule has 176 valence electrons. The van der Waals surface area contributed by atoms with Gasteiger partial charge in [0.2, 0.25) is 0 Å². The number of ketones is 1. The number of Topliss-reactive ketones (excluding diaryl/α,β-unsaturated/α-hetero) is 1.